The highest BCUT2D eigenvalue weighted by atomic mass is 32.8. The second-order valence-corrected chi connectivity index (χ2v) is 4.41. The normalized spacial score (nSPS) is 16.1. The molecule has 0 bridgehead atoms. The fraction of sp³-hybridized carbons (Fsp3) is 0.667. The fourth-order valence-corrected chi connectivity index (χ4v) is 0.556. The number of hydrogen-bond donors (Lipinski definition) is 1. The number of rotatable bonds is 0. The smallest absolute Gasteiger partial charge is 0.0399 e. The minimum Gasteiger partial charge on any atom is -0.376 e. The van der Waals surface area contributed by atoms with Gasteiger partial charge in [0.1, 0.15) is 0 Å². The van der Waals surface area contributed by atoms with Crippen LogP contribution in [0.15, 0.2) is 0 Å². The first kappa shape index (κ1) is 7.75. The molecule has 0 radical (unpaired) electrons. The molecule has 0 aromatic carbocycles. The van der Waals surface area contributed by atoms with Gasteiger partial charge in [-0.1, -0.05) is 0 Å². The van der Waals surface area contributed by atoms with Crippen molar-refractivity contribution in [3.05, 3.63) is 0 Å². The highest BCUT2D eigenvalue weighted by Crippen LogP contribution is 1.81. The predicted molar refractivity (Wildman–Crippen MR) is 41.7 cm³/mol. The zero-order chi connectivity index (χ0) is 5.86. The molecule has 0 aliphatic rings. The third kappa shape index (κ3) is 3.34. The van der Waals surface area contributed by atoms with E-state index >= 15 is 0 Å². The Hall–Kier alpha value is 0.750. The van der Waals surface area contributed by atoms with Crippen LogP contribution >= 0.6 is 12.6 Å². The lowest BCUT2D eigenvalue weighted by molar-refractivity contribution is 0.426. The molecule has 0 atom stereocenters. The van der Waals surface area contributed by atoms with E-state index in [4.69, 9.17) is 15.9 Å². The van der Waals surface area contributed by atoms with Crippen molar-refractivity contribution in [2.24, 2.45) is 0 Å². The van der Waals surface area contributed by atoms with Crippen molar-refractivity contribution in [1.82, 2.24) is 0 Å². The van der Waals surface area contributed by atoms with Crippen LogP contribution in [-0.4, -0.2) is 17.7 Å². The van der Waals surface area contributed by atoms with E-state index < -0.39 is 0 Å². The molecule has 4 heteroatoms. The van der Waals surface area contributed by atoms with Gasteiger partial charge >= 0.3 is 0 Å². The average molecular weight is 155 g/mol. The molecule has 1 nitrogen and oxygen atoms in total. The first-order chi connectivity index (χ1) is 3.18. The summed E-state index contributed by atoms with van der Waals surface area (Å²) in [5, 5.41) is 0. The number of hydrogen-bond acceptors (Lipinski definition) is 3. The highest BCUT2D eigenvalue weighted by molar-refractivity contribution is 8.33. The van der Waals surface area contributed by atoms with Crippen LogP contribution in [0.3, 0.4) is 0 Å². The standard InChI is InChI=1S/C3H7OS3/c1-4-3(5)7(2)6/h5H,1-2H3/q-1. The van der Waals surface area contributed by atoms with E-state index in [-0.39, 0.29) is 9.04 Å². The van der Waals surface area contributed by atoms with Crippen LogP contribution in [0.4, 0.5) is 0 Å². The summed E-state index contributed by atoms with van der Waals surface area (Å²) in [6.07, 6.45) is 1.88. The van der Waals surface area contributed by atoms with Gasteiger partial charge in [-0.25, -0.2) is 0 Å². The van der Waals surface area contributed by atoms with Gasteiger partial charge in [0, 0.05) is 7.11 Å². The van der Waals surface area contributed by atoms with Gasteiger partial charge in [0.15, 0.2) is 0 Å². The lowest BCUT2D eigenvalue weighted by Gasteiger charge is -2.01. The van der Waals surface area contributed by atoms with E-state index in [0.717, 1.165) is 0 Å². The molecule has 0 unspecified atom stereocenters. The number of ether oxygens (including phenoxy) is 1. The quantitative estimate of drug-likeness (QED) is 0.307. The first-order valence-corrected chi connectivity index (χ1v) is 4.62. The van der Waals surface area contributed by atoms with Crippen LogP contribution in [0.25, 0.3) is 0 Å². The van der Waals surface area contributed by atoms with Crippen LogP contribution < -0.4 is 0 Å². The van der Waals surface area contributed by atoms with Gasteiger partial charge in [0.25, 0.3) is 0 Å². The SMILES string of the molecule is COC(S)=[S-](C)=S. The molecule has 7 heavy (non-hydrogen) atoms. The largest absolute Gasteiger partial charge is 0.376 e. The Kier molecular flexibility index (Phi) is 4.11. The van der Waals surface area contributed by atoms with E-state index in [1.807, 2.05) is 6.26 Å². The molecule has 0 amide bonds. The Morgan fingerprint density at radius 3 is 2.29 bits per heavy atom. The van der Waals surface area contributed by atoms with Crippen molar-refractivity contribution in [3.63, 3.8) is 0 Å². The van der Waals surface area contributed by atoms with Gasteiger partial charge < -0.3 is 13.8 Å². The molecular weight excluding hydrogens is 148 g/mol. The minimum absolute atomic E-state index is 0.218. The fourth-order valence-electron chi connectivity index (χ4n) is 0.117. The van der Waals surface area contributed by atoms with Gasteiger partial charge in [-0.3, -0.25) is 11.2 Å². The maximum atomic E-state index is 4.79. The van der Waals surface area contributed by atoms with Crippen LogP contribution in [0.2, 0.25) is 0 Å². The van der Waals surface area contributed by atoms with Gasteiger partial charge in [-0.05, 0) is 4.38 Å². The van der Waals surface area contributed by atoms with Crippen molar-refractivity contribution < 1.29 is 4.74 Å². The molecule has 0 aromatic rings. The van der Waals surface area contributed by atoms with E-state index in [1.54, 1.807) is 7.11 Å². The summed E-state index contributed by atoms with van der Waals surface area (Å²) in [6, 6.07) is 0. The molecular formula is C3H7OS3-. The Labute approximate surface area is 55.6 Å². The average Bonchev–Trinajstić information content (AvgIpc) is 1.65. The molecule has 44 valence electrons. The summed E-state index contributed by atoms with van der Waals surface area (Å²) in [4.78, 5) is 0. The molecule has 0 fully saturated rings. The lowest BCUT2D eigenvalue weighted by Crippen LogP contribution is -1.92. The molecule has 0 spiro atoms. The highest BCUT2D eigenvalue weighted by Gasteiger charge is 1.66. The van der Waals surface area contributed by atoms with Gasteiger partial charge in [-0.15, -0.1) is 18.9 Å². The van der Waals surface area contributed by atoms with E-state index in [1.165, 1.54) is 0 Å². The molecule has 0 N–H and O–H groups in total. The zero-order valence-electron chi connectivity index (χ0n) is 4.17. The summed E-state index contributed by atoms with van der Waals surface area (Å²) in [6.45, 7) is 0. The minimum atomic E-state index is -0.218. The molecule has 0 heterocycles. The summed E-state index contributed by atoms with van der Waals surface area (Å²) < 4.78 is 5.33. The van der Waals surface area contributed by atoms with Crippen molar-refractivity contribution in [2.75, 3.05) is 13.4 Å². The van der Waals surface area contributed by atoms with E-state index in [9.17, 15) is 0 Å². The van der Waals surface area contributed by atoms with Crippen molar-refractivity contribution in [1.29, 1.82) is 0 Å². The molecule has 0 rings (SSSR count). The molecule has 0 aliphatic carbocycles. The van der Waals surface area contributed by atoms with Crippen molar-refractivity contribution in [3.8, 4) is 0 Å². The summed E-state index contributed by atoms with van der Waals surface area (Å²) in [7, 11) is 1.35. The molecule has 0 saturated carbocycles. The lowest BCUT2D eigenvalue weighted by atomic mass is 11.5. The monoisotopic (exact) mass is 155 g/mol. The van der Waals surface area contributed by atoms with Crippen molar-refractivity contribution >= 4 is 37.2 Å². The van der Waals surface area contributed by atoms with Crippen LogP contribution in [0, 0.1) is 0 Å². The molecule has 0 aromatic heterocycles. The van der Waals surface area contributed by atoms with Crippen LogP contribution in [0.5, 0.6) is 0 Å². The van der Waals surface area contributed by atoms with Gasteiger partial charge in [-0.2, -0.15) is 0 Å². The van der Waals surface area contributed by atoms with Crippen molar-refractivity contribution in [2.45, 2.75) is 0 Å². The molecule has 0 saturated heterocycles. The Balaban J connectivity index is 4.00. The van der Waals surface area contributed by atoms with E-state index in [2.05, 4.69) is 12.6 Å². The van der Waals surface area contributed by atoms with Gasteiger partial charge in [0.2, 0.25) is 0 Å². The number of thiol groups is 1. The Morgan fingerprint density at radius 2 is 2.29 bits per heavy atom. The number of methoxy groups -OCH3 is 1. The maximum absolute atomic E-state index is 4.79. The predicted octanol–water partition coefficient (Wildman–Crippen LogP) is 0.360. The summed E-state index contributed by atoms with van der Waals surface area (Å²) in [5.41, 5.74) is 0. The maximum Gasteiger partial charge on any atom is 0.0399 e. The zero-order valence-corrected chi connectivity index (χ0v) is 6.70. The van der Waals surface area contributed by atoms with Crippen LogP contribution in [0.1, 0.15) is 0 Å². The Bertz CT molecular complexity index is 122. The topological polar surface area (TPSA) is 9.23 Å². The summed E-state index contributed by atoms with van der Waals surface area (Å²) >= 11 is 8.72. The van der Waals surface area contributed by atoms with E-state index in [0.29, 0.717) is 4.38 Å². The second kappa shape index (κ2) is 3.72. The third-order valence-electron chi connectivity index (χ3n) is 0.421. The van der Waals surface area contributed by atoms with Gasteiger partial charge in [0.05, 0.1) is 0 Å². The first-order valence-electron chi connectivity index (χ1n) is 1.62. The second-order valence-electron chi connectivity index (χ2n) is 0.924. The Morgan fingerprint density at radius 1 is 1.86 bits per heavy atom. The third-order valence-corrected chi connectivity index (χ3v) is 2.91. The summed E-state index contributed by atoms with van der Waals surface area (Å²) in [5.74, 6) is 0. The molecule has 0 aliphatic heterocycles. The van der Waals surface area contributed by atoms with Crippen LogP contribution in [-0.2, 0) is 25.0 Å².